The average Bonchev–Trinajstić information content (AvgIpc) is 2.40. The average molecular weight is 256 g/mol. The number of hydrogen-bond donors (Lipinski definition) is 0. The zero-order valence-electron chi connectivity index (χ0n) is 9.30. The van der Waals surface area contributed by atoms with Crippen molar-refractivity contribution in [2.45, 2.75) is 6.42 Å². The summed E-state index contributed by atoms with van der Waals surface area (Å²) in [5.41, 5.74) is 2.17. The fraction of sp³-hybridized carbons (Fsp3) is 0.0667. The van der Waals surface area contributed by atoms with Gasteiger partial charge < -0.3 is 0 Å². The Morgan fingerprint density at radius 3 is 1.35 bits per heavy atom. The Bertz CT molecular complexity index is 466. The molecule has 2 aromatic rings. The van der Waals surface area contributed by atoms with Crippen LogP contribution < -0.4 is 0 Å². The third kappa shape index (κ3) is 3.29. The molecule has 0 saturated carbocycles. The third-order valence-electron chi connectivity index (χ3n) is 2.51. The zero-order chi connectivity index (χ0) is 12.1. The fourth-order valence-corrected chi connectivity index (χ4v) is 2.25. The highest BCUT2D eigenvalue weighted by molar-refractivity contribution is 7.82. The van der Waals surface area contributed by atoms with Crippen molar-refractivity contribution in [1.29, 1.82) is 0 Å². The minimum absolute atomic E-state index is 0.665. The lowest BCUT2D eigenvalue weighted by Gasteiger charge is -2.05. The van der Waals surface area contributed by atoms with E-state index in [1.807, 2.05) is 60.7 Å². The quantitative estimate of drug-likeness (QED) is 0.593. The SMILES string of the molecule is S=C(CC(=S)c1ccccc1)c1ccccc1. The first kappa shape index (κ1) is 12.1. The monoisotopic (exact) mass is 256 g/mol. The van der Waals surface area contributed by atoms with Gasteiger partial charge in [-0.1, -0.05) is 85.1 Å². The molecule has 0 atom stereocenters. The first-order chi connectivity index (χ1) is 8.27. The van der Waals surface area contributed by atoms with Gasteiger partial charge in [-0.2, -0.15) is 0 Å². The van der Waals surface area contributed by atoms with E-state index in [1.165, 1.54) is 0 Å². The Hall–Kier alpha value is -1.38. The maximum absolute atomic E-state index is 5.41. The Balaban J connectivity index is 2.08. The summed E-state index contributed by atoms with van der Waals surface area (Å²) in [6.45, 7) is 0. The van der Waals surface area contributed by atoms with Crippen LogP contribution in [0.2, 0.25) is 0 Å². The molecule has 0 N–H and O–H groups in total. The predicted molar refractivity (Wildman–Crippen MR) is 80.9 cm³/mol. The van der Waals surface area contributed by atoms with Crippen LogP contribution in [0, 0.1) is 0 Å². The van der Waals surface area contributed by atoms with Crippen LogP contribution in [0.15, 0.2) is 60.7 Å². The first-order valence-electron chi connectivity index (χ1n) is 5.44. The molecule has 2 rings (SSSR count). The molecular weight excluding hydrogens is 244 g/mol. The predicted octanol–water partition coefficient (Wildman–Crippen LogP) is 4.21. The van der Waals surface area contributed by atoms with Crippen LogP contribution >= 0.6 is 24.4 Å². The van der Waals surface area contributed by atoms with Crippen molar-refractivity contribution in [3.05, 3.63) is 71.8 Å². The molecule has 0 saturated heterocycles. The highest BCUT2D eigenvalue weighted by Crippen LogP contribution is 2.10. The van der Waals surface area contributed by atoms with Gasteiger partial charge in [-0.15, -0.1) is 0 Å². The lowest BCUT2D eigenvalue weighted by atomic mass is 10.0. The molecule has 0 aliphatic carbocycles. The van der Waals surface area contributed by atoms with E-state index in [9.17, 15) is 0 Å². The first-order valence-corrected chi connectivity index (χ1v) is 6.25. The number of hydrogen-bond acceptors (Lipinski definition) is 2. The van der Waals surface area contributed by atoms with E-state index in [0.29, 0.717) is 6.42 Å². The standard InChI is InChI=1S/C15H12S2/c16-14(12-7-3-1-4-8-12)11-15(17)13-9-5-2-6-10-13/h1-10H,11H2. The molecule has 0 bridgehead atoms. The molecule has 0 nitrogen and oxygen atoms in total. The van der Waals surface area contributed by atoms with Gasteiger partial charge in [-0.25, -0.2) is 0 Å². The summed E-state index contributed by atoms with van der Waals surface area (Å²) >= 11 is 10.8. The minimum Gasteiger partial charge on any atom is -0.0839 e. The number of benzene rings is 2. The molecule has 0 radical (unpaired) electrons. The Morgan fingerprint density at radius 1 is 0.647 bits per heavy atom. The number of thiocarbonyl (C=S) groups is 2. The molecule has 84 valence electrons. The maximum atomic E-state index is 5.41. The highest BCUT2D eigenvalue weighted by atomic mass is 32.1. The molecule has 2 heteroatoms. The van der Waals surface area contributed by atoms with E-state index >= 15 is 0 Å². The summed E-state index contributed by atoms with van der Waals surface area (Å²) in [7, 11) is 0. The van der Waals surface area contributed by atoms with Crippen molar-refractivity contribution in [1.82, 2.24) is 0 Å². The van der Waals surface area contributed by atoms with Crippen LogP contribution in [0.4, 0.5) is 0 Å². The van der Waals surface area contributed by atoms with Gasteiger partial charge in [-0.05, 0) is 11.1 Å². The summed E-state index contributed by atoms with van der Waals surface area (Å²) in [6, 6.07) is 20.0. The second-order valence-electron chi connectivity index (χ2n) is 3.76. The highest BCUT2D eigenvalue weighted by Gasteiger charge is 2.06. The van der Waals surface area contributed by atoms with Gasteiger partial charge in [0.05, 0.1) is 0 Å². The molecule has 0 aromatic heterocycles. The Morgan fingerprint density at radius 2 is 1.00 bits per heavy atom. The van der Waals surface area contributed by atoms with Gasteiger partial charge in [0.1, 0.15) is 0 Å². The van der Waals surface area contributed by atoms with Gasteiger partial charge in [0, 0.05) is 16.1 Å². The van der Waals surface area contributed by atoms with Gasteiger partial charge >= 0.3 is 0 Å². The normalized spacial score (nSPS) is 9.88. The molecule has 17 heavy (non-hydrogen) atoms. The lowest BCUT2D eigenvalue weighted by Crippen LogP contribution is -2.06. The van der Waals surface area contributed by atoms with Crippen molar-refractivity contribution < 1.29 is 0 Å². The summed E-state index contributed by atoms with van der Waals surface area (Å²) in [5, 5.41) is 0. The third-order valence-corrected chi connectivity index (χ3v) is 3.27. The van der Waals surface area contributed by atoms with Crippen molar-refractivity contribution in [2.24, 2.45) is 0 Å². The molecule has 0 spiro atoms. The van der Waals surface area contributed by atoms with Gasteiger partial charge in [0.2, 0.25) is 0 Å². The second-order valence-corrected chi connectivity index (χ2v) is 4.74. The van der Waals surface area contributed by atoms with Crippen molar-refractivity contribution in [3.63, 3.8) is 0 Å². The van der Waals surface area contributed by atoms with E-state index < -0.39 is 0 Å². The topological polar surface area (TPSA) is 0 Å². The maximum Gasteiger partial charge on any atom is 0.0277 e. The van der Waals surface area contributed by atoms with E-state index in [-0.39, 0.29) is 0 Å². The minimum atomic E-state index is 0.665. The summed E-state index contributed by atoms with van der Waals surface area (Å²) in [6.07, 6.45) is 0.665. The van der Waals surface area contributed by atoms with Crippen LogP contribution in [0.3, 0.4) is 0 Å². The largest absolute Gasteiger partial charge is 0.0839 e. The zero-order valence-corrected chi connectivity index (χ0v) is 10.9. The van der Waals surface area contributed by atoms with E-state index in [2.05, 4.69) is 0 Å². The summed E-state index contributed by atoms with van der Waals surface area (Å²) in [5.74, 6) is 0. The van der Waals surface area contributed by atoms with Crippen LogP contribution in [-0.4, -0.2) is 9.73 Å². The van der Waals surface area contributed by atoms with E-state index in [1.54, 1.807) is 0 Å². The molecule has 0 aliphatic rings. The van der Waals surface area contributed by atoms with Crippen LogP contribution in [-0.2, 0) is 0 Å². The Labute approximate surface area is 112 Å². The molecule has 0 unspecified atom stereocenters. The summed E-state index contributed by atoms with van der Waals surface area (Å²) in [4.78, 5) is 1.80. The molecule has 0 aliphatic heterocycles. The smallest absolute Gasteiger partial charge is 0.0277 e. The van der Waals surface area contributed by atoms with Crippen molar-refractivity contribution in [3.8, 4) is 0 Å². The van der Waals surface area contributed by atoms with E-state index in [4.69, 9.17) is 24.4 Å². The second kappa shape index (κ2) is 5.80. The van der Waals surface area contributed by atoms with Crippen molar-refractivity contribution >= 4 is 34.2 Å². The molecule has 0 fully saturated rings. The number of rotatable bonds is 4. The van der Waals surface area contributed by atoms with Gasteiger partial charge in [-0.3, -0.25) is 0 Å². The molecule has 2 aromatic carbocycles. The van der Waals surface area contributed by atoms with Gasteiger partial charge in [0.15, 0.2) is 0 Å². The van der Waals surface area contributed by atoms with Crippen LogP contribution in [0.5, 0.6) is 0 Å². The molecule has 0 heterocycles. The molecule has 0 amide bonds. The Kier molecular flexibility index (Phi) is 4.13. The molecular formula is C15H12S2. The fourth-order valence-electron chi connectivity index (χ4n) is 1.60. The van der Waals surface area contributed by atoms with Crippen LogP contribution in [0.25, 0.3) is 0 Å². The lowest BCUT2D eigenvalue weighted by molar-refractivity contribution is 1.56. The summed E-state index contributed by atoms with van der Waals surface area (Å²) < 4.78 is 0. The van der Waals surface area contributed by atoms with E-state index in [0.717, 1.165) is 20.9 Å². The van der Waals surface area contributed by atoms with Crippen LogP contribution in [0.1, 0.15) is 17.5 Å². The van der Waals surface area contributed by atoms with Crippen molar-refractivity contribution in [2.75, 3.05) is 0 Å². The van der Waals surface area contributed by atoms with Gasteiger partial charge in [0.25, 0.3) is 0 Å².